The van der Waals surface area contributed by atoms with Crippen LogP contribution < -0.4 is 19.5 Å². The summed E-state index contributed by atoms with van der Waals surface area (Å²) in [5.74, 6) is 0.855. The third-order valence-corrected chi connectivity index (χ3v) is 6.89. The Morgan fingerprint density at radius 1 is 0.938 bits per heavy atom. The number of nitrogens with one attached hydrogen (secondary N) is 2. The molecule has 1 aromatic heterocycles. The lowest BCUT2D eigenvalue weighted by molar-refractivity contribution is 0.102. The first-order valence-corrected chi connectivity index (χ1v) is 11.7. The van der Waals surface area contributed by atoms with Crippen LogP contribution in [0.2, 0.25) is 0 Å². The molecule has 8 nitrogen and oxygen atoms in total. The van der Waals surface area contributed by atoms with E-state index in [1.54, 1.807) is 43.5 Å². The summed E-state index contributed by atoms with van der Waals surface area (Å²) in [6, 6.07) is 17.7. The fourth-order valence-electron chi connectivity index (χ4n) is 2.95. The van der Waals surface area contributed by atoms with Crippen LogP contribution in [0, 0.1) is 0 Å². The minimum atomic E-state index is -3.82. The summed E-state index contributed by atoms with van der Waals surface area (Å²) in [6.07, 6.45) is 0. The largest absolute Gasteiger partial charge is 0.497 e. The minimum absolute atomic E-state index is 0.0815. The van der Waals surface area contributed by atoms with Crippen LogP contribution in [0.25, 0.3) is 10.2 Å². The van der Waals surface area contributed by atoms with E-state index in [0.717, 1.165) is 10.2 Å². The maximum absolute atomic E-state index is 12.7. The molecular weight excluding hydrogens is 450 g/mol. The molecule has 164 valence electrons. The molecule has 3 aromatic carbocycles. The van der Waals surface area contributed by atoms with Crippen LogP contribution in [0.3, 0.4) is 0 Å². The summed E-state index contributed by atoms with van der Waals surface area (Å²) in [5.41, 5.74) is 1.30. The normalized spacial score (nSPS) is 11.2. The molecule has 10 heteroatoms. The number of carbonyl (C=O) groups excluding carboxylic acids is 1. The lowest BCUT2D eigenvalue weighted by Gasteiger charge is -2.10. The highest BCUT2D eigenvalue weighted by Gasteiger charge is 2.16. The van der Waals surface area contributed by atoms with Gasteiger partial charge >= 0.3 is 0 Å². The van der Waals surface area contributed by atoms with E-state index < -0.39 is 15.9 Å². The fraction of sp³-hybridized carbons (Fsp3) is 0.0909. The van der Waals surface area contributed by atoms with Gasteiger partial charge in [0.2, 0.25) is 0 Å². The van der Waals surface area contributed by atoms with Crippen molar-refractivity contribution in [3.05, 3.63) is 72.3 Å². The molecule has 1 heterocycles. The molecule has 0 aliphatic rings. The first kappa shape index (κ1) is 21.6. The second-order valence-electron chi connectivity index (χ2n) is 6.67. The molecule has 0 saturated heterocycles. The lowest BCUT2D eigenvalue weighted by Crippen LogP contribution is -2.15. The number of fused-ring (bicyclic) bond motifs is 1. The molecule has 0 atom stereocenters. The summed E-state index contributed by atoms with van der Waals surface area (Å²) in [5, 5.41) is 3.19. The van der Waals surface area contributed by atoms with E-state index in [1.807, 2.05) is 12.1 Å². The van der Waals surface area contributed by atoms with Gasteiger partial charge in [-0.1, -0.05) is 17.4 Å². The Balaban J connectivity index is 1.51. The Kier molecular flexibility index (Phi) is 5.97. The van der Waals surface area contributed by atoms with Crippen molar-refractivity contribution in [3.8, 4) is 11.5 Å². The van der Waals surface area contributed by atoms with E-state index in [-0.39, 0.29) is 16.1 Å². The van der Waals surface area contributed by atoms with Crippen LogP contribution in [-0.4, -0.2) is 33.5 Å². The van der Waals surface area contributed by atoms with Gasteiger partial charge in [0.1, 0.15) is 11.5 Å². The van der Waals surface area contributed by atoms with Crippen molar-refractivity contribution in [1.29, 1.82) is 0 Å². The predicted octanol–water partition coefficient (Wildman–Crippen LogP) is 4.37. The number of hydrogen-bond acceptors (Lipinski definition) is 7. The van der Waals surface area contributed by atoms with E-state index in [2.05, 4.69) is 15.0 Å². The van der Waals surface area contributed by atoms with Gasteiger partial charge in [-0.05, 0) is 60.7 Å². The average molecular weight is 470 g/mol. The molecule has 0 fully saturated rings. The SMILES string of the molecule is COc1ccc(S(=O)(=O)Nc2cccc(C(=O)Nc3nc4ccc(OC)cc4s3)c2)cc1. The zero-order valence-corrected chi connectivity index (χ0v) is 18.8. The molecule has 4 aromatic rings. The number of anilines is 2. The maximum Gasteiger partial charge on any atom is 0.261 e. The predicted molar refractivity (Wildman–Crippen MR) is 124 cm³/mol. The molecule has 4 rings (SSSR count). The number of ether oxygens (including phenoxy) is 2. The number of nitrogens with zero attached hydrogens (tertiary/aromatic N) is 1. The van der Waals surface area contributed by atoms with Gasteiger partial charge in [0.05, 0.1) is 29.3 Å². The zero-order valence-electron chi connectivity index (χ0n) is 17.2. The first-order chi connectivity index (χ1) is 15.4. The highest BCUT2D eigenvalue weighted by atomic mass is 32.2. The van der Waals surface area contributed by atoms with E-state index in [0.29, 0.717) is 16.6 Å². The highest BCUT2D eigenvalue weighted by molar-refractivity contribution is 7.92. The van der Waals surface area contributed by atoms with E-state index in [9.17, 15) is 13.2 Å². The van der Waals surface area contributed by atoms with Gasteiger partial charge in [0, 0.05) is 11.3 Å². The molecule has 0 bridgehead atoms. The number of benzene rings is 3. The zero-order chi connectivity index (χ0) is 22.7. The molecule has 2 N–H and O–H groups in total. The van der Waals surface area contributed by atoms with Gasteiger partial charge in [-0.25, -0.2) is 13.4 Å². The first-order valence-electron chi connectivity index (χ1n) is 9.41. The Labute approximate surface area is 188 Å². The van der Waals surface area contributed by atoms with Crippen LogP contribution in [0.1, 0.15) is 10.4 Å². The molecule has 0 aliphatic carbocycles. The fourth-order valence-corrected chi connectivity index (χ4v) is 4.89. The van der Waals surface area contributed by atoms with Crippen LogP contribution >= 0.6 is 11.3 Å². The molecule has 0 unspecified atom stereocenters. The molecule has 0 saturated carbocycles. The number of hydrogen-bond donors (Lipinski definition) is 2. The smallest absolute Gasteiger partial charge is 0.261 e. The summed E-state index contributed by atoms with van der Waals surface area (Å²) in [4.78, 5) is 17.2. The monoisotopic (exact) mass is 469 g/mol. The Morgan fingerprint density at radius 2 is 1.66 bits per heavy atom. The third-order valence-electron chi connectivity index (χ3n) is 4.56. The quantitative estimate of drug-likeness (QED) is 0.416. The van der Waals surface area contributed by atoms with Gasteiger partial charge < -0.3 is 9.47 Å². The lowest BCUT2D eigenvalue weighted by atomic mass is 10.2. The van der Waals surface area contributed by atoms with Gasteiger partial charge in [-0.15, -0.1) is 0 Å². The van der Waals surface area contributed by atoms with Crippen LogP contribution in [0.15, 0.2) is 71.6 Å². The van der Waals surface area contributed by atoms with Crippen molar-refractivity contribution >= 4 is 48.3 Å². The van der Waals surface area contributed by atoms with Crippen molar-refractivity contribution in [2.45, 2.75) is 4.90 Å². The number of methoxy groups -OCH3 is 2. The Hall–Kier alpha value is -3.63. The second kappa shape index (κ2) is 8.85. The number of aromatic nitrogens is 1. The van der Waals surface area contributed by atoms with Crippen molar-refractivity contribution in [1.82, 2.24) is 4.98 Å². The molecule has 32 heavy (non-hydrogen) atoms. The number of sulfonamides is 1. The minimum Gasteiger partial charge on any atom is -0.497 e. The third kappa shape index (κ3) is 4.66. The summed E-state index contributed by atoms with van der Waals surface area (Å²) < 4.78 is 38.9. The summed E-state index contributed by atoms with van der Waals surface area (Å²) in [6.45, 7) is 0. The Morgan fingerprint density at radius 3 is 2.38 bits per heavy atom. The van der Waals surface area contributed by atoms with Crippen LogP contribution in [0.4, 0.5) is 10.8 Å². The van der Waals surface area contributed by atoms with E-state index in [1.165, 1.54) is 36.6 Å². The number of rotatable bonds is 7. The van der Waals surface area contributed by atoms with Crippen molar-refractivity contribution in [2.75, 3.05) is 24.3 Å². The van der Waals surface area contributed by atoms with Gasteiger partial charge in [0.15, 0.2) is 5.13 Å². The Bertz CT molecular complexity index is 1380. The standard InChI is InChI=1S/C22H19N3O5S2/c1-29-16-6-9-18(10-7-16)32(27,28)25-15-5-3-4-14(12-15)21(26)24-22-23-19-11-8-17(30-2)13-20(19)31-22/h3-13,25H,1-2H3,(H,23,24,26). The highest BCUT2D eigenvalue weighted by Crippen LogP contribution is 2.29. The molecule has 1 amide bonds. The van der Waals surface area contributed by atoms with Crippen LogP contribution in [-0.2, 0) is 10.0 Å². The molecular formula is C22H19N3O5S2. The van der Waals surface area contributed by atoms with Crippen molar-refractivity contribution in [3.63, 3.8) is 0 Å². The average Bonchev–Trinajstić information content (AvgIpc) is 3.20. The molecule has 0 aliphatic heterocycles. The number of amides is 1. The number of carbonyl (C=O) groups is 1. The number of thiazole rings is 1. The van der Waals surface area contributed by atoms with E-state index in [4.69, 9.17) is 9.47 Å². The second-order valence-corrected chi connectivity index (χ2v) is 9.38. The van der Waals surface area contributed by atoms with Gasteiger partial charge in [0.25, 0.3) is 15.9 Å². The molecule has 0 spiro atoms. The molecule has 0 radical (unpaired) electrons. The summed E-state index contributed by atoms with van der Waals surface area (Å²) in [7, 11) is -0.735. The maximum atomic E-state index is 12.7. The van der Waals surface area contributed by atoms with Gasteiger partial charge in [-0.2, -0.15) is 0 Å². The summed E-state index contributed by atoms with van der Waals surface area (Å²) >= 11 is 1.32. The van der Waals surface area contributed by atoms with Crippen LogP contribution in [0.5, 0.6) is 11.5 Å². The van der Waals surface area contributed by atoms with E-state index >= 15 is 0 Å². The van der Waals surface area contributed by atoms with Crippen molar-refractivity contribution < 1.29 is 22.7 Å². The van der Waals surface area contributed by atoms with Gasteiger partial charge in [-0.3, -0.25) is 14.8 Å². The topological polar surface area (TPSA) is 107 Å². The van der Waals surface area contributed by atoms with Crippen molar-refractivity contribution in [2.24, 2.45) is 0 Å².